The summed E-state index contributed by atoms with van der Waals surface area (Å²) in [6.45, 7) is 9.17. The minimum atomic E-state index is -0.621. The van der Waals surface area contributed by atoms with Gasteiger partial charge in [-0.2, -0.15) is 0 Å². The predicted octanol–water partition coefficient (Wildman–Crippen LogP) is 0.694. The van der Waals surface area contributed by atoms with Gasteiger partial charge in [0.2, 0.25) is 0 Å². The molecule has 0 unspecified atom stereocenters. The van der Waals surface area contributed by atoms with Crippen LogP contribution >= 0.6 is 0 Å². The lowest BCUT2D eigenvalue weighted by molar-refractivity contribution is 0.0344. The number of aromatic nitrogens is 1. The highest BCUT2D eigenvalue weighted by Crippen LogP contribution is 2.19. The van der Waals surface area contributed by atoms with Crippen molar-refractivity contribution in [2.45, 2.75) is 26.0 Å². The van der Waals surface area contributed by atoms with Crippen molar-refractivity contribution in [3.05, 3.63) is 23.9 Å². The quantitative estimate of drug-likeness (QED) is 0.830. The van der Waals surface area contributed by atoms with Gasteiger partial charge in [-0.1, -0.05) is 6.07 Å². The van der Waals surface area contributed by atoms with Crippen LogP contribution in [-0.4, -0.2) is 60.4 Å². The van der Waals surface area contributed by atoms with Crippen molar-refractivity contribution < 1.29 is 5.11 Å². The molecule has 0 spiro atoms. The molecule has 0 bridgehead atoms. The summed E-state index contributed by atoms with van der Waals surface area (Å²) in [5.41, 5.74) is 0.621. The van der Waals surface area contributed by atoms with Gasteiger partial charge in [0, 0.05) is 51.0 Å². The van der Waals surface area contributed by atoms with E-state index >= 15 is 0 Å². The molecule has 0 radical (unpaired) electrons. The molecule has 2 rings (SSSR count). The Morgan fingerprint density at radius 2 is 2.00 bits per heavy atom. The second-order valence-electron chi connectivity index (χ2n) is 6.09. The zero-order chi connectivity index (χ0) is 14.6. The van der Waals surface area contributed by atoms with Crippen molar-refractivity contribution in [1.82, 2.24) is 15.2 Å². The number of rotatable bonds is 5. The maximum absolute atomic E-state index is 9.89. The number of nitrogens with one attached hydrogen (secondary N) is 1. The van der Waals surface area contributed by atoms with Gasteiger partial charge >= 0.3 is 0 Å². The van der Waals surface area contributed by atoms with Crippen LogP contribution in [0, 0.1) is 0 Å². The number of anilines is 1. The Kier molecular flexibility index (Phi) is 4.96. The van der Waals surface area contributed by atoms with E-state index in [4.69, 9.17) is 0 Å². The number of nitrogens with zero attached hydrogens (tertiary/aromatic N) is 3. The largest absolute Gasteiger partial charge is 0.389 e. The third-order valence-corrected chi connectivity index (χ3v) is 3.52. The molecule has 20 heavy (non-hydrogen) atoms. The van der Waals surface area contributed by atoms with E-state index in [-0.39, 0.29) is 0 Å². The molecule has 0 atom stereocenters. The second kappa shape index (κ2) is 6.52. The first kappa shape index (κ1) is 15.2. The molecule has 1 aliphatic rings. The first-order valence-corrected chi connectivity index (χ1v) is 7.28. The number of pyridine rings is 1. The average molecular weight is 278 g/mol. The van der Waals surface area contributed by atoms with E-state index in [0.717, 1.165) is 45.1 Å². The molecular formula is C15H26N4O. The summed E-state index contributed by atoms with van der Waals surface area (Å²) in [7, 11) is 1.96. The van der Waals surface area contributed by atoms with Crippen LogP contribution in [0.25, 0.3) is 0 Å². The van der Waals surface area contributed by atoms with Gasteiger partial charge in [0.15, 0.2) is 0 Å². The highest BCUT2D eigenvalue weighted by Gasteiger charge is 2.24. The fourth-order valence-corrected chi connectivity index (χ4v) is 2.71. The van der Waals surface area contributed by atoms with Crippen molar-refractivity contribution in [3.8, 4) is 0 Å². The van der Waals surface area contributed by atoms with E-state index in [1.165, 1.54) is 5.56 Å². The van der Waals surface area contributed by atoms with E-state index in [0.29, 0.717) is 0 Å². The standard InChI is InChI=1S/C15H26N4O/c1-15(2,20)12-18-7-9-19(10-8-18)14-13(11-16-3)5-4-6-17-14/h4-6,16,20H,7-12H2,1-3H3. The van der Waals surface area contributed by atoms with Crippen LogP contribution in [0.3, 0.4) is 0 Å². The van der Waals surface area contributed by atoms with Gasteiger partial charge in [0.25, 0.3) is 0 Å². The molecule has 2 heterocycles. The summed E-state index contributed by atoms with van der Waals surface area (Å²) >= 11 is 0. The van der Waals surface area contributed by atoms with Crippen LogP contribution in [0.5, 0.6) is 0 Å². The molecular weight excluding hydrogens is 252 g/mol. The highest BCUT2D eigenvalue weighted by atomic mass is 16.3. The minimum absolute atomic E-state index is 0.621. The second-order valence-corrected chi connectivity index (χ2v) is 6.09. The van der Waals surface area contributed by atoms with Crippen molar-refractivity contribution in [1.29, 1.82) is 0 Å². The van der Waals surface area contributed by atoms with Crippen LogP contribution in [0.2, 0.25) is 0 Å². The number of aliphatic hydroxyl groups is 1. The summed E-state index contributed by atoms with van der Waals surface area (Å²) < 4.78 is 0. The number of hydrogen-bond acceptors (Lipinski definition) is 5. The Morgan fingerprint density at radius 3 is 2.60 bits per heavy atom. The van der Waals surface area contributed by atoms with E-state index < -0.39 is 5.60 Å². The maximum atomic E-state index is 9.89. The number of hydrogen-bond donors (Lipinski definition) is 2. The number of β-amino-alcohol motifs (C(OH)–C–C–N with tert-alkyl or cyclic N) is 1. The Balaban J connectivity index is 1.97. The van der Waals surface area contributed by atoms with Gasteiger partial charge in [0.1, 0.15) is 5.82 Å². The first-order valence-electron chi connectivity index (χ1n) is 7.28. The topological polar surface area (TPSA) is 51.6 Å². The van der Waals surface area contributed by atoms with Gasteiger partial charge in [-0.15, -0.1) is 0 Å². The Morgan fingerprint density at radius 1 is 1.30 bits per heavy atom. The Bertz CT molecular complexity index is 422. The predicted molar refractivity (Wildman–Crippen MR) is 82.0 cm³/mol. The minimum Gasteiger partial charge on any atom is -0.389 e. The molecule has 1 saturated heterocycles. The zero-order valence-electron chi connectivity index (χ0n) is 12.8. The molecule has 5 nitrogen and oxygen atoms in total. The van der Waals surface area contributed by atoms with Crippen LogP contribution < -0.4 is 10.2 Å². The Hall–Kier alpha value is -1.17. The van der Waals surface area contributed by atoms with Gasteiger partial charge in [0.05, 0.1) is 5.60 Å². The lowest BCUT2D eigenvalue weighted by Gasteiger charge is -2.38. The number of piperazine rings is 1. The molecule has 0 amide bonds. The van der Waals surface area contributed by atoms with Crippen molar-refractivity contribution in [2.24, 2.45) is 0 Å². The molecule has 0 aliphatic carbocycles. The fourth-order valence-electron chi connectivity index (χ4n) is 2.71. The van der Waals surface area contributed by atoms with E-state index in [2.05, 4.69) is 26.2 Å². The summed E-state index contributed by atoms with van der Waals surface area (Å²) in [6, 6.07) is 4.11. The third-order valence-electron chi connectivity index (χ3n) is 3.52. The summed E-state index contributed by atoms with van der Waals surface area (Å²) in [5.74, 6) is 1.09. The SMILES string of the molecule is CNCc1cccnc1N1CCN(CC(C)(C)O)CC1. The van der Waals surface area contributed by atoms with E-state index in [9.17, 15) is 5.11 Å². The van der Waals surface area contributed by atoms with Gasteiger partial charge in [-0.3, -0.25) is 4.90 Å². The van der Waals surface area contributed by atoms with Crippen LogP contribution in [0.15, 0.2) is 18.3 Å². The van der Waals surface area contributed by atoms with Gasteiger partial charge < -0.3 is 15.3 Å². The van der Waals surface area contributed by atoms with Gasteiger partial charge in [-0.05, 0) is 27.0 Å². The van der Waals surface area contributed by atoms with Gasteiger partial charge in [-0.25, -0.2) is 4.98 Å². The molecule has 1 aliphatic heterocycles. The summed E-state index contributed by atoms with van der Waals surface area (Å²) in [4.78, 5) is 9.20. The van der Waals surface area contributed by atoms with Crippen molar-refractivity contribution in [3.63, 3.8) is 0 Å². The molecule has 2 N–H and O–H groups in total. The normalized spacial score (nSPS) is 17.5. The monoisotopic (exact) mass is 278 g/mol. The smallest absolute Gasteiger partial charge is 0.133 e. The molecule has 112 valence electrons. The summed E-state index contributed by atoms with van der Waals surface area (Å²) in [5, 5.41) is 13.1. The lowest BCUT2D eigenvalue weighted by Crippen LogP contribution is -2.51. The first-order chi connectivity index (χ1) is 9.49. The molecule has 1 aromatic rings. The fraction of sp³-hybridized carbons (Fsp3) is 0.667. The highest BCUT2D eigenvalue weighted by molar-refractivity contribution is 5.47. The van der Waals surface area contributed by atoms with E-state index in [1.54, 1.807) is 0 Å². The van der Waals surface area contributed by atoms with E-state index in [1.807, 2.05) is 33.2 Å². The molecule has 0 aromatic carbocycles. The van der Waals surface area contributed by atoms with Crippen LogP contribution in [0.4, 0.5) is 5.82 Å². The third kappa shape index (κ3) is 4.16. The maximum Gasteiger partial charge on any atom is 0.133 e. The molecule has 5 heteroatoms. The lowest BCUT2D eigenvalue weighted by atomic mass is 10.1. The average Bonchev–Trinajstić information content (AvgIpc) is 2.39. The van der Waals surface area contributed by atoms with Crippen molar-refractivity contribution in [2.75, 3.05) is 44.7 Å². The molecule has 0 saturated carbocycles. The molecule has 1 aromatic heterocycles. The molecule has 1 fully saturated rings. The summed E-state index contributed by atoms with van der Waals surface area (Å²) in [6.07, 6.45) is 1.86. The Labute approximate surface area is 121 Å². The van der Waals surface area contributed by atoms with Crippen LogP contribution in [-0.2, 0) is 6.54 Å². The van der Waals surface area contributed by atoms with Crippen molar-refractivity contribution >= 4 is 5.82 Å². The van der Waals surface area contributed by atoms with Crippen LogP contribution in [0.1, 0.15) is 19.4 Å². The zero-order valence-corrected chi connectivity index (χ0v) is 12.8.